The average Bonchev–Trinajstić information content (AvgIpc) is 3.71. The first-order valence-corrected chi connectivity index (χ1v) is 14.4. The van der Waals surface area contributed by atoms with Crippen molar-refractivity contribution in [3.05, 3.63) is 58.6 Å². The molecule has 2 fully saturated rings. The van der Waals surface area contributed by atoms with Gasteiger partial charge in [0.15, 0.2) is 0 Å². The van der Waals surface area contributed by atoms with E-state index in [1.165, 1.54) is 11.6 Å². The van der Waals surface area contributed by atoms with Crippen LogP contribution in [-0.2, 0) is 9.47 Å². The number of fused-ring (bicyclic) bond motifs is 1. The first-order valence-electron chi connectivity index (χ1n) is 14.4. The zero-order valence-corrected chi connectivity index (χ0v) is 24.1. The number of piperazine rings is 1. The Morgan fingerprint density at radius 3 is 2.73 bits per heavy atom. The van der Waals surface area contributed by atoms with Gasteiger partial charge < -0.3 is 19.7 Å². The Morgan fingerprint density at radius 1 is 1.25 bits per heavy atom. The predicted molar refractivity (Wildman–Crippen MR) is 159 cm³/mol. The van der Waals surface area contributed by atoms with E-state index in [0.717, 1.165) is 85.4 Å². The molecule has 2 aliphatic heterocycles. The summed E-state index contributed by atoms with van der Waals surface area (Å²) in [7, 11) is 1.66. The molecule has 1 aromatic carbocycles. The highest BCUT2D eigenvalue weighted by molar-refractivity contribution is 6.07. The van der Waals surface area contributed by atoms with E-state index in [4.69, 9.17) is 19.5 Å². The number of aliphatic imine (C=N–C) groups is 2. The molecule has 8 nitrogen and oxygen atoms in total. The van der Waals surface area contributed by atoms with Crippen LogP contribution in [0, 0.1) is 18.7 Å². The molecule has 1 atom stereocenters. The smallest absolute Gasteiger partial charge is 0.314 e. The number of benzene rings is 1. The number of ether oxygens (including phenoxy) is 2. The first-order chi connectivity index (χ1) is 19.4. The Balaban J connectivity index is 1.72. The van der Waals surface area contributed by atoms with Crippen LogP contribution in [0.15, 0.2) is 51.6 Å². The van der Waals surface area contributed by atoms with Crippen LogP contribution in [0.2, 0.25) is 0 Å². The molecule has 0 bridgehead atoms. The molecule has 9 heteroatoms. The Hall–Kier alpha value is -3.30. The minimum absolute atomic E-state index is 0.106. The van der Waals surface area contributed by atoms with E-state index in [1.54, 1.807) is 7.11 Å². The standard InChI is InChI=1S/C31H41FN6O2/c1-6-7-23-16-34-31(40-18-20(3)39-5)36-30(38-12-10-33-11-13-38)19(2)14-24(22-8-9-22)29(23)28-21(4)26(32)15-27-25(28)17-35-37-27/h14-15,17,20,22,33H,2,6-13,16,18H2,1,3-5H3,(H,35,37)/b24-14-,29-23+,34-31?,36-30+. The van der Waals surface area contributed by atoms with Crippen molar-refractivity contribution in [1.29, 1.82) is 0 Å². The summed E-state index contributed by atoms with van der Waals surface area (Å²) in [5, 5.41) is 11.6. The Labute approximate surface area is 236 Å². The quantitative estimate of drug-likeness (QED) is 0.498. The highest BCUT2D eigenvalue weighted by Gasteiger charge is 2.33. The molecule has 5 rings (SSSR count). The van der Waals surface area contributed by atoms with Crippen molar-refractivity contribution in [2.45, 2.75) is 52.6 Å². The van der Waals surface area contributed by atoms with E-state index in [9.17, 15) is 0 Å². The van der Waals surface area contributed by atoms with Crippen molar-refractivity contribution in [3.8, 4) is 0 Å². The van der Waals surface area contributed by atoms with Crippen molar-refractivity contribution in [1.82, 2.24) is 20.4 Å². The first kappa shape index (κ1) is 28.2. The summed E-state index contributed by atoms with van der Waals surface area (Å²) in [5.74, 6) is 0.908. The number of amidine groups is 2. The van der Waals surface area contributed by atoms with Gasteiger partial charge in [-0.1, -0.05) is 19.9 Å². The van der Waals surface area contributed by atoms with Crippen LogP contribution >= 0.6 is 0 Å². The number of hydrogen-bond donors (Lipinski definition) is 2. The van der Waals surface area contributed by atoms with Gasteiger partial charge in [0.25, 0.3) is 0 Å². The van der Waals surface area contributed by atoms with Crippen LogP contribution in [0.25, 0.3) is 16.5 Å². The second kappa shape index (κ2) is 12.5. The van der Waals surface area contributed by atoms with Crippen molar-refractivity contribution >= 4 is 28.3 Å². The third-order valence-corrected chi connectivity index (χ3v) is 7.89. The number of methoxy groups -OCH3 is 1. The lowest BCUT2D eigenvalue weighted by Crippen LogP contribution is -2.47. The third-order valence-electron chi connectivity index (χ3n) is 7.89. The minimum atomic E-state index is -0.245. The van der Waals surface area contributed by atoms with Gasteiger partial charge in [0.05, 0.1) is 24.4 Å². The average molecular weight is 549 g/mol. The molecule has 0 radical (unpaired) electrons. The summed E-state index contributed by atoms with van der Waals surface area (Å²) in [6.07, 6.45) is 7.84. The van der Waals surface area contributed by atoms with E-state index < -0.39 is 0 Å². The van der Waals surface area contributed by atoms with Crippen molar-refractivity contribution in [2.24, 2.45) is 15.9 Å². The van der Waals surface area contributed by atoms with E-state index in [1.807, 2.05) is 20.0 Å². The van der Waals surface area contributed by atoms with Gasteiger partial charge in [-0.15, -0.1) is 0 Å². The van der Waals surface area contributed by atoms with E-state index in [0.29, 0.717) is 36.2 Å². The third kappa shape index (κ3) is 6.05. The molecule has 3 aliphatic rings. The molecule has 2 aromatic rings. The predicted octanol–water partition coefficient (Wildman–Crippen LogP) is 5.18. The molecule has 1 aromatic heterocycles. The fraction of sp³-hybridized carbons (Fsp3) is 0.516. The fourth-order valence-corrected chi connectivity index (χ4v) is 5.48. The SMILES string of the molecule is C=C1/C=C(C2CC2)\C(c2c(C)c(F)cc3[nH]ncc23)=C(\CCC)CN=C(OCC(C)OC)/N=C\1N1CCNCC1. The van der Waals surface area contributed by atoms with Gasteiger partial charge in [-0.05, 0) is 79.0 Å². The zero-order chi connectivity index (χ0) is 28.2. The normalized spacial score (nSPS) is 24.3. The molecule has 40 heavy (non-hydrogen) atoms. The molecular formula is C31H41FN6O2. The van der Waals surface area contributed by atoms with Crippen molar-refractivity contribution < 1.29 is 13.9 Å². The summed E-state index contributed by atoms with van der Waals surface area (Å²) in [5.41, 5.74) is 6.43. The molecule has 1 unspecified atom stereocenters. The Morgan fingerprint density at radius 2 is 2.02 bits per heavy atom. The summed E-state index contributed by atoms with van der Waals surface area (Å²) in [6.45, 7) is 14.6. The lowest BCUT2D eigenvalue weighted by atomic mass is 9.83. The van der Waals surface area contributed by atoms with E-state index in [2.05, 4.69) is 40.0 Å². The molecule has 1 saturated carbocycles. The molecule has 1 aliphatic carbocycles. The second-order valence-corrected chi connectivity index (χ2v) is 10.9. The van der Waals surface area contributed by atoms with Crippen LogP contribution < -0.4 is 5.32 Å². The summed E-state index contributed by atoms with van der Waals surface area (Å²) in [4.78, 5) is 12.2. The summed E-state index contributed by atoms with van der Waals surface area (Å²) < 4.78 is 26.9. The number of hydrogen-bond acceptors (Lipinski definition) is 7. The van der Waals surface area contributed by atoms with Crippen LogP contribution in [-0.4, -0.2) is 79.5 Å². The molecule has 1 saturated heterocycles. The lowest BCUT2D eigenvalue weighted by Gasteiger charge is -2.31. The zero-order valence-electron chi connectivity index (χ0n) is 24.1. The van der Waals surface area contributed by atoms with Crippen LogP contribution in [0.5, 0.6) is 0 Å². The number of nitrogens with zero attached hydrogens (tertiary/aromatic N) is 4. The molecular weight excluding hydrogens is 507 g/mol. The van der Waals surface area contributed by atoms with Gasteiger partial charge in [0.1, 0.15) is 18.3 Å². The Kier molecular flexibility index (Phi) is 8.81. The molecule has 2 N–H and O–H groups in total. The number of nitrogens with one attached hydrogen (secondary N) is 2. The highest BCUT2D eigenvalue weighted by atomic mass is 19.1. The molecule has 214 valence electrons. The highest BCUT2D eigenvalue weighted by Crippen LogP contribution is 2.48. The largest absolute Gasteiger partial charge is 0.461 e. The maximum atomic E-state index is 15.4. The number of allylic oxidation sites excluding steroid dienone is 2. The maximum Gasteiger partial charge on any atom is 0.314 e. The van der Waals surface area contributed by atoms with Gasteiger partial charge in [-0.3, -0.25) is 5.10 Å². The number of H-pyrrole nitrogens is 1. The number of aromatic nitrogens is 2. The van der Waals surface area contributed by atoms with E-state index in [-0.39, 0.29) is 11.9 Å². The van der Waals surface area contributed by atoms with Gasteiger partial charge >= 0.3 is 6.02 Å². The molecule has 3 heterocycles. The van der Waals surface area contributed by atoms with Crippen molar-refractivity contribution in [2.75, 3.05) is 46.4 Å². The monoisotopic (exact) mass is 548 g/mol. The van der Waals surface area contributed by atoms with Crippen LogP contribution in [0.1, 0.15) is 50.7 Å². The molecule has 0 amide bonds. The fourth-order valence-electron chi connectivity index (χ4n) is 5.48. The van der Waals surface area contributed by atoms with Crippen LogP contribution in [0.3, 0.4) is 0 Å². The van der Waals surface area contributed by atoms with Crippen LogP contribution in [0.4, 0.5) is 4.39 Å². The lowest BCUT2D eigenvalue weighted by molar-refractivity contribution is 0.0665. The van der Waals surface area contributed by atoms with Gasteiger partial charge in [0, 0.05) is 44.2 Å². The maximum absolute atomic E-state index is 15.4. The van der Waals surface area contributed by atoms with E-state index >= 15 is 4.39 Å². The molecule has 0 spiro atoms. The second-order valence-electron chi connectivity index (χ2n) is 10.9. The summed E-state index contributed by atoms with van der Waals surface area (Å²) in [6, 6.07) is 1.86. The topological polar surface area (TPSA) is 87.1 Å². The van der Waals surface area contributed by atoms with Crippen molar-refractivity contribution in [3.63, 3.8) is 0 Å². The Bertz CT molecular complexity index is 1380. The van der Waals surface area contributed by atoms with Gasteiger partial charge in [0.2, 0.25) is 0 Å². The van der Waals surface area contributed by atoms with Gasteiger partial charge in [-0.2, -0.15) is 10.1 Å². The number of rotatable bonds is 7. The number of halogens is 1. The minimum Gasteiger partial charge on any atom is -0.461 e. The summed E-state index contributed by atoms with van der Waals surface area (Å²) >= 11 is 0. The number of aromatic amines is 1. The van der Waals surface area contributed by atoms with Gasteiger partial charge in [-0.25, -0.2) is 9.38 Å².